The molecular weight excluding hydrogens is 508 g/mol. The maximum absolute atomic E-state index is 12.3. The highest BCUT2D eigenvalue weighted by Gasteiger charge is 2.32. The zero-order chi connectivity index (χ0) is 28.4. The van der Waals surface area contributed by atoms with Crippen molar-refractivity contribution in [3.05, 3.63) is 58.8 Å². The van der Waals surface area contributed by atoms with E-state index in [2.05, 4.69) is 21.2 Å². The number of hydrazone groups is 1. The van der Waals surface area contributed by atoms with Gasteiger partial charge in [0.25, 0.3) is 5.91 Å². The van der Waals surface area contributed by atoms with E-state index in [1.54, 1.807) is 43.3 Å². The van der Waals surface area contributed by atoms with Gasteiger partial charge >= 0.3 is 12.0 Å². The Labute approximate surface area is 226 Å². The molecule has 1 aliphatic rings. The van der Waals surface area contributed by atoms with Crippen LogP contribution in [0.25, 0.3) is 0 Å². The Kier molecular flexibility index (Phi) is 10.1. The van der Waals surface area contributed by atoms with Crippen LogP contribution in [0.5, 0.6) is 23.0 Å². The molecular formula is C27H32N4O8. The molecule has 0 aromatic heterocycles. The largest absolute Gasteiger partial charge is 0.493 e. The number of urea groups is 1. The van der Waals surface area contributed by atoms with E-state index in [9.17, 15) is 14.4 Å². The van der Waals surface area contributed by atoms with Crippen molar-refractivity contribution < 1.29 is 38.1 Å². The molecule has 0 saturated heterocycles. The zero-order valence-corrected chi connectivity index (χ0v) is 22.5. The predicted octanol–water partition coefficient (Wildman–Crippen LogP) is 2.82. The molecule has 3 N–H and O–H groups in total. The Morgan fingerprint density at radius 1 is 0.974 bits per heavy atom. The number of ether oxygens (including phenoxy) is 5. The van der Waals surface area contributed by atoms with Gasteiger partial charge in [-0.25, -0.2) is 15.0 Å². The highest BCUT2D eigenvalue weighted by atomic mass is 16.5. The molecule has 0 spiro atoms. The fraction of sp³-hybridized carbons (Fsp3) is 0.333. The molecule has 0 fully saturated rings. The molecule has 1 heterocycles. The van der Waals surface area contributed by atoms with E-state index >= 15 is 0 Å². The van der Waals surface area contributed by atoms with Crippen molar-refractivity contribution in [1.29, 1.82) is 0 Å². The second-order valence-electron chi connectivity index (χ2n) is 8.13. The highest BCUT2D eigenvalue weighted by Crippen LogP contribution is 2.34. The van der Waals surface area contributed by atoms with E-state index in [1.165, 1.54) is 20.4 Å². The molecule has 0 saturated carbocycles. The van der Waals surface area contributed by atoms with Gasteiger partial charge < -0.3 is 34.3 Å². The molecule has 12 nitrogen and oxygen atoms in total. The SMILES string of the molecule is CCOc1ccc(/C=N\NC(=O)COc2ccc([C@H]3NC(=O)NC(C)=C3C(=O)OC)cc2OC)cc1OCC. The van der Waals surface area contributed by atoms with Crippen LogP contribution in [-0.4, -0.2) is 58.2 Å². The fourth-order valence-corrected chi connectivity index (χ4v) is 3.81. The average Bonchev–Trinajstić information content (AvgIpc) is 2.92. The van der Waals surface area contributed by atoms with Crippen molar-refractivity contribution in [2.75, 3.05) is 34.0 Å². The lowest BCUT2D eigenvalue weighted by Gasteiger charge is -2.28. The van der Waals surface area contributed by atoms with Crippen LogP contribution in [0.3, 0.4) is 0 Å². The smallest absolute Gasteiger partial charge is 0.337 e. The second kappa shape index (κ2) is 13.7. The summed E-state index contributed by atoms with van der Waals surface area (Å²) >= 11 is 0. The van der Waals surface area contributed by atoms with Crippen LogP contribution in [0.4, 0.5) is 4.79 Å². The number of rotatable bonds is 12. The molecule has 208 valence electrons. The van der Waals surface area contributed by atoms with Crippen molar-refractivity contribution in [1.82, 2.24) is 16.1 Å². The van der Waals surface area contributed by atoms with Gasteiger partial charge in [0.1, 0.15) is 0 Å². The summed E-state index contributed by atoms with van der Waals surface area (Å²) in [6.07, 6.45) is 1.48. The molecule has 3 rings (SSSR count). The normalized spacial score (nSPS) is 14.8. The van der Waals surface area contributed by atoms with E-state index in [0.29, 0.717) is 47.3 Å². The van der Waals surface area contributed by atoms with E-state index in [0.717, 1.165) is 0 Å². The number of hydrogen-bond acceptors (Lipinski definition) is 9. The first kappa shape index (κ1) is 28.8. The van der Waals surface area contributed by atoms with Crippen LogP contribution in [-0.2, 0) is 14.3 Å². The third-order valence-electron chi connectivity index (χ3n) is 5.52. The van der Waals surface area contributed by atoms with Crippen molar-refractivity contribution in [3.63, 3.8) is 0 Å². The number of esters is 1. The summed E-state index contributed by atoms with van der Waals surface area (Å²) in [5.74, 6) is 0.725. The van der Waals surface area contributed by atoms with Gasteiger partial charge in [0.05, 0.1) is 45.3 Å². The third kappa shape index (κ3) is 7.40. The topological polar surface area (TPSA) is 146 Å². The third-order valence-corrected chi connectivity index (χ3v) is 5.52. The summed E-state index contributed by atoms with van der Waals surface area (Å²) in [7, 11) is 2.70. The lowest BCUT2D eigenvalue weighted by atomic mass is 9.95. The predicted molar refractivity (Wildman–Crippen MR) is 142 cm³/mol. The van der Waals surface area contributed by atoms with Crippen molar-refractivity contribution >= 4 is 24.1 Å². The maximum Gasteiger partial charge on any atom is 0.337 e. The van der Waals surface area contributed by atoms with Gasteiger partial charge in [0.15, 0.2) is 29.6 Å². The standard InChI is InChI=1S/C27H32N4O8/c1-6-37-20-10-8-17(12-22(20)38-7-2)14-28-31-23(32)15-39-19-11-9-18(13-21(19)35-4)25-24(26(33)36-5)16(3)29-27(34)30-25/h8-14,25H,6-7,15H2,1-5H3,(H,31,32)(H2,29,30,34)/b28-14-/t25-/m1/s1. The summed E-state index contributed by atoms with van der Waals surface area (Å²) in [5, 5.41) is 9.24. The number of allylic oxidation sites excluding steroid dienone is 1. The minimum absolute atomic E-state index is 0.256. The number of carbonyl (C=O) groups is 3. The maximum atomic E-state index is 12.3. The molecule has 1 aliphatic heterocycles. The van der Waals surface area contributed by atoms with Crippen LogP contribution < -0.4 is 35.0 Å². The van der Waals surface area contributed by atoms with Gasteiger partial charge in [-0.15, -0.1) is 0 Å². The minimum atomic E-state index is -0.766. The molecule has 12 heteroatoms. The first-order valence-corrected chi connectivity index (χ1v) is 12.2. The van der Waals surface area contributed by atoms with Crippen molar-refractivity contribution in [2.45, 2.75) is 26.8 Å². The van der Waals surface area contributed by atoms with Crippen LogP contribution in [0.15, 0.2) is 52.8 Å². The molecule has 3 amide bonds. The van der Waals surface area contributed by atoms with Crippen LogP contribution >= 0.6 is 0 Å². The number of carbonyl (C=O) groups excluding carboxylic acids is 3. The molecule has 0 bridgehead atoms. The lowest BCUT2D eigenvalue weighted by Crippen LogP contribution is -2.45. The van der Waals surface area contributed by atoms with Crippen LogP contribution in [0, 0.1) is 0 Å². The summed E-state index contributed by atoms with van der Waals surface area (Å²) in [4.78, 5) is 36.7. The molecule has 39 heavy (non-hydrogen) atoms. The first-order valence-electron chi connectivity index (χ1n) is 12.2. The van der Waals surface area contributed by atoms with Gasteiger partial charge in [-0.05, 0) is 62.2 Å². The molecule has 0 unspecified atom stereocenters. The Morgan fingerprint density at radius 3 is 2.36 bits per heavy atom. The zero-order valence-electron chi connectivity index (χ0n) is 22.5. The lowest BCUT2D eigenvalue weighted by molar-refractivity contribution is -0.136. The van der Waals surface area contributed by atoms with Crippen LogP contribution in [0.1, 0.15) is 37.9 Å². The number of methoxy groups -OCH3 is 2. The number of nitrogens with one attached hydrogen (secondary N) is 3. The Hall–Kier alpha value is -4.74. The van der Waals surface area contributed by atoms with Gasteiger partial charge in [0, 0.05) is 5.70 Å². The number of benzene rings is 2. The Balaban J connectivity index is 1.65. The van der Waals surface area contributed by atoms with Gasteiger partial charge in [0.2, 0.25) is 0 Å². The Bertz CT molecular complexity index is 1270. The average molecular weight is 541 g/mol. The molecule has 2 aromatic rings. The minimum Gasteiger partial charge on any atom is -0.493 e. The van der Waals surface area contributed by atoms with Crippen LogP contribution in [0.2, 0.25) is 0 Å². The molecule has 0 aliphatic carbocycles. The van der Waals surface area contributed by atoms with E-state index in [4.69, 9.17) is 23.7 Å². The Morgan fingerprint density at radius 2 is 1.67 bits per heavy atom. The van der Waals surface area contributed by atoms with E-state index in [1.807, 2.05) is 13.8 Å². The fourth-order valence-electron chi connectivity index (χ4n) is 3.81. The summed E-state index contributed by atoms with van der Waals surface area (Å²) < 4.78 is 27.0. The van der Waals surface area contributed by atoms with Crippen molar-refractivity contribution in [2.24, 2.45) is 5.10 Å². The molecule has 0 radical (unpaired) electrons. The number of hydrogen-bond donors (Lipinski definition) is 3. The quantitative estimate of drug-likeness (QED) is 0.212. The summed E-state index contributed by atoms with van der Waals surface area (Å²) in [5.41, 5.74) is 4.31. The number of amides is 3. The van der Waals surface area contributed by atoms with Gasteiger partial charge in [-0.3, -0.25) is 4.79 Å². The summed E-state index contributed by atoms with van der Waals surface area (Å²) in [6.45, 7) is 6.03. The number of nitrogens with zero attached hydrogens (tertiary/aromatic N) is 1. The van der Waals surface area contributed by atoms with Gasteiger partial charge in [-0.1, -0.05) is 6.07 Å². The molecule has 2 aromatic carbocycles. The first-order chi connectivity index (χ1) is 18.8. The van der Waals surface area contributed by atoms with E-state index < -0.39 is 23.9 Å². The molecule has 1 atom stereocenters. The van der Waals surface area contributed by atoms with Gasteiger partial charge in [-0.2, -0.15) is 5.10 Å². The second-order valence-corrected chi connectivity index (χ2v) is 8.13. The monoisotopic (exact) mass is 540 g/mol. The van der Waals surface area contributed by atoms with Crippen molar-refractivity contribution in [3.8, 4) is 23.0 Å². The summed E-state index contributed by atoms with van der Waals surface area (Å²) in [6, 6.07) is 8.95. The highest BCUT2D eigenvalue weighted by molar-refractivity contribution is 5.95. The van der Waals surface area contributed by atoms with E-state index in [-0.39, 0.29) is 17.9 Å².